The van der Waals surface area contributed by atoms with E-state index < -0.39 is 5.56 Å². The number of rotatable bonds is 5. The van der Waals surface area contributed by atoms with Crippen LogP contribution < -0.4 is 5.56 Å². The largest absolute Gasteiger partial charge is 0.325 e. The standard InChI is InChI=1S/C22H22Cl2N4O2S/c1-4-15-11-31-22(27-14-5-7-18(23)19(24)9-14)28(15)20(29)8-6-16-12(2)17(10-25)21(30)26-13(16)3/h5,7,9,15H,4,6,8,11H2,1-3H3,(H,26,30)/t15-/m0/s1. The van der Waals surface area contributed by atoms with E-state index in [0.717, 1.165) is 17.7 Å². The van der Waals surface area contributed by atoms with Gasteiger partial charge in [-0.3, -0.25) is 14.5 Å². The van der Waals surface area contributed by atoms with Gasteiger partial charge in [-0.1, -0.05) is 41.9 Å². The van der Waals surface area contributed by atoms with E-state index in [-0.39, 0.29) is 23.9 Å². The van der Waals surface area contributed by atoms with Gasteiger partial charge in [0.2, 0.25) is 5.91 Å². The van der Waals surface area contributed by atoms with E-state index in [0.29, 0.717) is 38.6 Å². The van der Waals surface area contributed by atoms with E-state index in [1.165, 1.54) is 0 Å². The highest BCUT2D eigenvalue weighted by Gasteiger charge is 2.33. The molecular formula is C22H22Cl2N4O2S. The maximum Gasteiger partial charge on any atom is 0.266 e. The van der Waals surface area contributed by atoms with E-state index in [9.17, 15) is 14.9 Å². The number of benzene rings is 1. The van der Waals surface area contributed by atoms with Crippen LogP contribution in [-0.4, -0.2) is 32.8 Å². The lowest BCUT2D eigenvalue weighted by Crippen LogP contribution is -2.39. The summed E-state index contributed by atoms with van der Waals surface area (Å²) in [6.45, 7) is 5.58. The molecule has 0 unspecified atom stereocenters. The molecule has 31 heavy (non-hydrogen) atoms. The van der Waals surface area contributed by atoms with Crippen LogP contribution in [0.15, 0.2) is 28.0 Å². The third-order valence-corrected chi connectivity index (χ3v) is 7.19. The van der Waals surface area contributed by atoms with E-state index >= 15 is 0 Å². The molecule has 3 rings (SSSR count). The van der Waals surface area contributed by atoms with Crippen molar-refractivity contribution in [3.05, 3.63) is 61.0 Å². The lowest BCUT2D eigenvalue weighted by Gasteiger charge is -2.23. The first-order valence-electron chi connectivity index (χ1n) is 9.87. The van der Waals surface area contributed by atoms with Crippen LogP contribution in [-0.2, 0) is 11.2 Å². The molecule has 1 saturated heterocycles. The summed E-state index contributed by atoms with van der Waals surface area (Å²) in [5, 5.41) is 10.8. The van der Waals surface area contributed by atoms with Crippen molar-refractivity contribution in [2.75, 3.05) is 5.75 Å². The Morgan fingerprint density at radius 2 is 2.10 bits per heavy atom. The number of amidine groups is 1. The summed E-state index contributed by atoms with van der Waals surface area (Å²) in [6, 6.07) is 7.13. The van der Waals surface area contributed by atoms with Crippen molar-refractivity contribution in [1.82, 2.24) is 9.88 Å². The van der Waals surface area contributed by atoms with Crippen molar-refractivity contribution in [3.8, 4) is 6.07 Å². The Morgan fingerprint density at radius 3 is 2.74 bits per heavy atom. The lowest BCUT2D eigenvalue weighted by atomic mass is 9.98. The fourth-order valence-corrected chi connectivity index (χ4v) is 5.18. The number of aliphatic imine (C=N–C) groups is 1. The zero-order chi connectivity index (χ0) is 22.7. The van der Waals surface area contributed by atoms with Gasteiger partial charge in [0.15, 0.2) is 5.17 Å². The zero-order valence-corrected chi connectivity index (χ0v) is 19.8. The molecule has 0 bridgehead atoms. The minimum atomic E-state index is -0.398. The number of carbonyl (C=O) groups excluding carboxylic acids is 1. The molecule has 0 aliphatic carbocycles. The van der Waals surface area contributed by atoms with E-state index in [1.807, 2.05) is 13.0 Å². The third kappa shape index (κ3) is 4.98. The SMILES string of the molecule is CC[C@H]1CSC(=Nc2ccc(Cl)c(Cl)c2)N1C(=O)CCc1c(C)[nH]c(=O)c(C#N)c1C. The van der Waals surface area contributed by atoms with Crippen LogP contribution in [0.1, 0.15) is 42.1 Å². The monoisotopic (exact) mass is 476 g/mol. The number of pyridine rings is 1. The molecule has 1 atom stereocenters. The quantitative estimate of drug-likeness (QED) is 0.646. The van der Waals surface area contributed by atoms with Gasteiger partial charge in [-0.25, -0.2) is 4.99 Å². The predicted octanol–water partition coefficient (Wildman–Crippen LogP) is 5.14. The van der Waals surface area contributed by atoms with Gasteiger partial charge in [0, 0.05) is 23.9 Å². The van der Waals surface area contributed by atoms with Crippen molar-refractivity contribution in [2.45, 2.75) is 46.1 Å². The number of aryl methyl sites for hydroxylation is 1. The van der Waals surface area contributed by atoms with Gasteiger partial charge in [-0.05, 0) is 56.0 Å². The number of nitrogens with zero attached hydrogens (tertiary/aromatic N) is 3. The molecule has 1 N–H and O–H groups in total. The maximum absolute atomic E-state index is 13.2. The highest BCUT2D eigenvalue weighted by atomic mass is 35.5. The first-order chi connectivity index (χ1) is 14.8. The molecule has 9 heteroatoms. The average Bonchev–Trinajstić information content (AvgIpc) is 3.13. The molecule has 2 aromatic rings. The van der Waals surface area contributed by atoms with Crippen LogP contribution in [0.25, 0.3) is 0 Å². The highest BCUT2D eigenvalue weighted by Crippen LogP contribution is 2.32. The second-order valence-electron chi connectivity index (χ2n) is 7.30. The summed E-state index contributed by atoms with van der Waals surface area (Å²) in [5.74, 6) is 0.733. The maximum atomic E-state index is 13.2. The summed E-state index contributed by atoms with van der Waals surface area (Å²) in [4.78, 5) is 34.3. The fraction of sp³-hybridized carbons (Fsp3) is 0.364. The summed E-state index contributed by atoms with van der Waals surface area (Å²) in [6.07, 6.45) is 1.49. The smallest absolute Gasteiger partial charge is 0.266 e. The van der Waals surface area contributed by atoms with Gasteiger partial charge in [0.25, 0.3) is 5.56 Å². The summed E-state index contributed by atoms with van der Waals surface area (Å²) in [5.41, 5.74) is 2.47. The van der Waals surface area contributed by atoms with Crippen LogP contribution in [0, 0.1) is 25.2 Å². The Hall–Kier alpha value is -2.27. The minimum absolute atomic E-state index is 0.0424. The second-order valence-corrected chi connectivity index (χ2v) is 9.10. The average molecular weight is 477 g/mol. The molecule has 162 valence electrons. The molecule has 1 aliphatic rings. The van der Waals surface area contributed by atoms with Crippen molar-refractivity contribution in [1.29, 1.82) is 5.26 Å². The number of amides is 1. The number of aromatic amines is 1. The topological polar surface area (TPSA) is 89.3 Å². The number of nitriles is 1. The van der Waals surface area contributed by atoms with Crippen molar-refractivity contribution in [3.63, 3.8) is 0 Å². The fourth-order valence-electron chi connectivity index (χ4n) is 3.61. The van der Waals surface area contributed by atoms with Crippen LogP contribution in [0.5, 0.6) is 0 Å². The minimum Gasteiger partial charge on any atom is -0.325 e. The van der Waals surface area contributed by atoms with Crippen LogP contribution in [0.4, 0.5) is 5.69 Å². The first-order valence-corrected chi connectivity index (χ1v) is 11.6. The van der Waals surface area contributed by atoms with Crippen LogP contribution in [0.3, 0.4) is 0 Å². The van der Waals surface area contributed by atoms with Crippen LogP contribution in [0.2, 0.25) is 10.0 Å². The lowest BCUT2D eigenvalue weighted by molar-refractivity contribution is -0.128. The Kier molecular flexibility index (Phi) is 7.47. The number of hydrogen-bond acceptors (Lipinski definition) is 5. The number of aromatic nitrogens is 1. The second kappa shape index (κ2) is 9.90. The van der Waals surface area contributed by atoms with Crippen molar-refractivity contribution in [2.24, 2.45) is 4.99 Å². The Labute approximate surface area is 195 Å². The summed E-state index contributed by atoms with van der Waals surface area (Å²) in [7, 11) is 0. The van der Waals surface area contributed by atoms with E-state index in [4.69, 9.17) is 23.2 Å². The Morgan fingerprint density at radius 1 is 1.35 bits per heavy atom. The van der Waals surface area contributed by atoms with Gasteiger partial charge < -0.3 is 4.98 Å². The van der Waals surface area contributed by atoms with Crippen molar-refractivity contribution >= 4 is 51.7 Å². The number of hydrogen-bond donors (Lipinski definition) is 1. The summed E-state index contributed by atoms with van der Waals surface area (Å²) < 4.78 is 0. The molecule has 1 aromatic heterocycles. The normalized spacial score (nSPS) is 17.2. The van der Waals surface area contributed by atoms with Gasteiger partial charge in [0.1, 0.15) is 11.6 Å². The molecule has 0 spiro atoms. The van der Waals surface area contributed by atoms with Crippen LogP contribution >= 0.6 is 35.0 Å². The molecule has 1 aliphatic heterocycles. The summed E-state index contributed by atoms with van der Waals surface area (Å²) >= 11 is 13.6. The molecule has 0 saturated carbocycles. The molecule has 2 heterocycles. The Bertz CT molecular complexity index is 1150. The van der Waals surface area contributed by atoms with Crippen molar-refractivity contribution < 1.29 is 4.79 Å². The molecule has 6 nitrogen and oxygen atoms in total. The van der Waals surface area contributed by atoms with Gasteiger partial charge >= 0.3 is 0 Å². The number of thioether (sulfide) groups is 1. The van der Waals surface area contributed by atoms with Gasteiger partial charge in [-0.15, -0.1) is 0 Å². The molecule has 1 amide bonds. The number of nitrogens with one attached hydrogen (secondary N) is 1. The molecule has 1 fully saturated rings. The molecule has 1 aromatic carbocycles. The van der Waals surface area contributed by atoms with E-state index in [2.05, 4.69) is 9.98 Å². The molecular weight excluding hydrogens is 455 g/mol. The van der Waals surface area contributed by atoms with Gasteiger partial charge in [0.05, 0.1) is 15.7 Å². The molecule has 0 radical (unpaired) electrons. The predicted molar refractivity (Wildman–Crippen MR) is 127 cm³/mol. The third-order valence-electron chi connectivity index (χ3n) is 5.35. The number of carbonyl (C=O) groups is 1. The zero-order valence-electron chi connectivity index (χ0n) is 17.5. The number of H-pyrrole nitrogens is 1. The Balaban J connectivity index is 1.85. The number of halogens is 2. The van der Waals surface area contributed by atoms with E-state index in [1.54, 1.807) is 48.7 Å². The van der Waals surface area contributed by atoms with Gasteiger partial charge in [-0.2, -0.15) is 5.26 Å². The first kappa shape index (κ1) is 23.4. The highest BCUT2D eigenvalue weighted by molar-refractivity contribution is 8.14.